The van der Waals surface area contributed by atoms with Gasteiger partial charge >= 0.3 is 6.09 Å². The van der Waals surface area contributed by atoms with E-state index in [1.165, 1.54) is 4.31 Å². The molecule has 178 valence electrons. The number of carbonyl (C=O) groups is 2. The molecular weight excluding hydrogens is 436 g/mol. The van der Waals surface area contributed by atoms with Gasteiger partial charge in [-0.25, -0.2) is 13.2 Å². The summed E-state index contributed by atoms with van der Waals surface area (Å²) in [5, 5.41) is 3.02. The van der Waals surface area contributed by atoms with Gasteiger partial charge in [-0.1, -0.05) is 6.07 Å². The van der Waals surface area contributed by atoms with Crippen LogP contribution in [0.4, 0.5) is 10.5 Å². The average molecular weight is 469 g/mol. The fraction of sp³-hybridized carbons (Fsp3) is 0.619. The molecule has 2 saturated heterocycles. The number of benzene rings is 1. The van der Waals surface area contributed by atoms with Gasteiger partial charge in [-0.05, 0) is 39.0 Å². The number of morpholine rings is 1. The van der Waals surface area contributed by atoms with Gasteiger partial charge in [0.1, 0.15) is 5.60 Å². The molecule has 2 amide bonds. The summed E-state index contributed by atoms with van der Waals surface area (Å²) in [5.41, 5.74) is -0.00216. The predicted molar refractivity (Wildman–Crippen MR) is 119 cm³/mol. The van der Waals surface area contributed by atoms with Gasteiger partial charge in [-0.3, -0.25) is 4.79 Å². The molecule has 0 bridgehead atoms. The highest BCUT2D eigenvalue weighted by molar-refractivity contribution is 7.89. The van der Waals surface area contributed by atoms with Crippen LogP contribution >= 0.6 is 0 Å². The van der Waals surface area contributed by atoms with Crippen LogP contribution in [0.15, 0.2) is 29.2 Å². The lowest BCUT2D eigenvalue weighted by molar-refractivity contribution is -0.131. The lowest BCUT2D eigenvalue weighted by Gasteiger charge is -2.35. The lowest BCUT2D eigenvalue weighted by Crippen LogP contribution is -2.52. The minimum atomic E-state index is -3.60. The van der Waals surface area contributed by atoms with Gasteiger partial charge < -0.3 is 24.6 Å². The molecule has 0 spiro atoms. The van der Waals surface area contributed by atoms with E-state index < -0.39 is 15.6 Å². The number of sulfonamides is 1. The Hall–Kier alpha value is -2.37. The number of hydrogen-bond donors (Lipinski definition) is 1. The van der Waals surface area contributed by atoms with E-state index in [-0.39, 0.29) is 23.4 Å². The molecule has 0 unspecified atom stereocenters. The molecule has 0 saturated carbocycles. The highest BCUT2D eigenvalue weighted by atomic mass is 32.2. The van der Waals surface area contributed by atoms with Crippen LogP contribution in [-0.4, -0.2) is 99.2 Å². The van der Waals surface area contributed by atoms with Crippen molar-refractivity contribution in [1.29, 1.82) is 0 Å². The number of nitrogens with zero attached hydrogens (tertiary/aromatic N) is 3. The van der Waals surface area contributed by atoms with E-state index in [4.69, 9.17) is 9.47 Å². The van der Waals surface area contributed by atoms with Crippen LogP contribution in [-0.2, 0) is 24.3 Å². The van der Waals surface area contributed by atoms with Crippen LogP contribution in [0.25, 0.3) is 0 Å². The number of amides is 2. The largest absolute Gasteiger partial charge is 0.444 e. The topological polar surface area (TPSA) is 108 Å². The summed E-state index contributed by atoms with van der Waals surface area (Å²) in [6.45, 7) is 8.57. The summed E-state index contributed by atoms with van der Waals surface area (Å²) in [6.07, 6.45) is -0.374. The first-order valence-electron chi connectivity index (χ1n) is 10.7. The molecule has 1 aromatic rings. The fourth-order valence-corrected chi connectivity index (χ4v) is 4.91. The van der Waals surface area contributed by atoms with Gasteiger partial charge in [0.05, 0.1) is 24.7 Å². The second-order valence-electron chi connectivity index (χ2n) is 8.75. The van der Waals surface area contributed by atoms with Gasteiger partial charge in [0, 0.05) is 45.0 Å². The first-order chi connectivity index (χ1) is 15.1. The Morgan fingerprint density at radius 2 is 1.66 bits per heavy atom. The lowest BCUT2D eigenvalue weighted by atomic mass is 10.2. The number of rotatable bonds is 5. The van der Waals surface area contributed by atoms with Crippen molar-refractivity contribution < 1.29 is 27.5 Å². The molecule has 11 heteroatoms. The summed E-state index contributed by atoms with van der Waals surface area (Å²) < 4.78 is 37.7. The highest BCUT2D eigenvalue weighted by Gasteiger charge is 2.28. The summed E-state index contributed by atoms with van der Waals surface area (Å²) >= 11 is 0. The molecule has 32 heavy (non-hydrogen) atoms. The molecular formula is C21H32N4O6S. The number of anilines is 1. The normalized spacial score (nSPS) is 18.3. The summed E-state index contributed by atoms with van der Waals surface area (Å²) in [4.78, 5) is 28.2. The van der Waals surface area contributed by atoms with Gasteiger partial charge in [0.2, 0.25) is 15.9 Å². The number of ether oxygens (including phenoxy) is 2. The summed E-state index contributed by atoms with van der Waals surface area (Å²) in [5.74, 6) is -0.115. The molecule has 0 radical (unpaired) electrons. The Kier molecular flexibility index (Phi) is 7.63. The predicted octanol–water partition coefficient (Wildman–Crippen LogP) is 1.20. The Labute approximate surface area is 189 Å². The van der Waals surface area contributed by atoms with E-state index in [2.05, 4.69) is 5.32 Å². The van der Waals surface area contributed by atoms with Crippen molar-refractivity contribution in [3.05, 3.63) is 24.3 Å². The Bertz CT molecular complexity index is 916. The number of nitrogens with one attached hydrogen (secondary N) is 1. The van der Waals surface area contributed by atoms with E-state index >= 15 is 0 Å². The Balaban J connectivity index is 1.51. The van der Waals surface area contributed by atoms with E-state index in [0.29, 0.717) is 58.2 Å². The van der Waals surface area contributed by atoms with Gasteiger partial charge in [-0.15, -0.1) is 0 Å². The van der Waals surface area contributed by atoms with Crippen molar-refractivity contribution >= 4 is 27.7 Å². The molecule has 2 heterocycles. The van der Waals surface area contributed by atoms with Crippen LogP contribution in [0.5, 0.6) is 0 Å². The molecule has 2 aliphatic heterocycles. The monoisotopic (exact) mass is 468 g/mol. The Morgan fingerprint density at radius 1 is 1.03 bits per heavy atom. The summed E-state index contributed by atoms with van der Waals surface area (Å²) in [7, 11) is -3.60. The van der Waals surface area contributed by atoms with Gasteiger partial charge in [0.25, 0.3) is 0 Å². The van der Waals surface area contributed by atoms with Crippen molar-refractivity contribution in [3.8, 4) is 0 Å². The minimum absolute atomic E-state index is 0.0352. The molecule has 2 fully saturated rings. The number of piperazine rings is 1. The van der Waals surface area contributed by atoms with Crippen molar-refractivity contribution in [2.45, 2.75) is 31.3 Å². The highest BCUT2D eigenvalue weighted by Crippen LogP contribution is 2.20. The zero-order valence-corrected chi connectivity index (χ0v) is 19.7. The summed E-state index contributed by atoms with van der Waals surface area (Å²) in [6, 6.07) is 6.47. The van der Waals surface area contributed by atoms with Crippen molar-refractivity contribution in [2.24, 2.45) is 0 Å². The van der Waals surface area contributed by atoms with E-state index in [1.54, 1.807) is 34.1 Å². The maximum Gasteiger partial charge on any atom is 0.410 e. The van der Waals surface area contributed by atoms with Crippen molar-refractivity contribution in [2.75, 3.05) is 64.3 Å². The molecule has 0 aliphatic carbocycles. The minimum Gasteiger partial charge on any atom is -0.444 e. The number of hydrogen-bond acceptors (Lipinski definition) is 7. The smallest absolute Gasteiger partial charge is 0.410 e. The van der Waals surface area contributed by atoms with E-state index in [9.17, 15) is 18.0 Å². The second-order valence-corrected chi connectivity index (χ2v) is 10.7. The fourth-order valence-electron chi connectivity index (χ4n) is 3.46. The van der Waals surface area contributed by atoms with Crippen LogP contribution in [0, 0.1) is 0 Å². The third kappa shape index (κ3) is 6.33. The standard InChI is InChI=1S/C21H32N4O6S/c1-21(2,3)31-20(27)24-9-7-23(8-10-24)19(26)16-22-17-5-4-6-18(15-17)32(28,29)25-11-13-30-14-12-25/h4-6,15,22H,7-14,16H2,1-3H3. The van der Waals surface area contributed by atoms with Crippen molar-refractivity contribution in [3.63, 3.8) is 0 Å². The van der Waals surface area contributed by atoms with Gasteiger partial charge in [-0.2, -0.15) is 4.31 Å². The molecule has 3 rings (SSSR count). The zero-order chi connectivity index (χ0) is 23.4. The van der Waals surface area contributed by atoms with Crippen LogP contribution in [0.1, 0.15) is 20.8 Å². The molecule has 10 nitrogen and oxygen atoms in total. The second kappa shape index (κ2) is 10.1. The van der Waals surface area contributed by atoms with Crippen LogP contribution in [0.3, 0.4) is 0 Å². The van der Waals surface area contributed by atoms with Crippen LogP contribution in [0.2, 0.25) is 0 Å². The molecule has 1 aromatic carbocycles. The first kappa shape index (κ1) is 24.3. The van der Waals surface area contributed by atoms with Crippen molar-refractivity contribution in [1.82, 2.24) is 14.1 Å². The number of carbonyl (C=O) groups excluding carboxylic acids is 2. The molecule has 0 atom stereocenters. The molecule has 1 N–H and O–H groups in total. The van der Waals surface area contributed by atoms with Crippen LogP contribution < -0.4 is 5.32 Å². The van der Waals surface area contributed by atoms with Gasteiger partial charge in [0.15, 0.2) is 0 Å². The first-order valence-corrected chi connectivity index (χ1v) is 12.2. The Morgan fingerprint density at radius 3 is 2.28 bits per heavy atom. The third-order valence-electron chi connectivity index (χ3n) is 5.17. The zero-order valence-electron chi connectivity index (χ0n) is 18.9. The quantitative estimate of drug-likeness (QED) is 0.692. The maximum atomic E-state index is 12.8. The molecule has 0 aromatic heterocycles. The SMILES string of the molecule is CC(C)(C)OC(=O)N1CCN(C(=O)CNc2cccc(S(=O)(=O)N3CCOCC3)c2)CC1. The van der Waals surface area contributed by atoms with E-state index in [0.717, 1.165) is 0 Å². The average Bonchev–Trinajstić information content (AvgIpc) is 2.77. The van der Waals surface area contributed by atoms with E-state index in [1.807, 2.05) is 20.8 Å². The molecule has 2 aliphatic rings. The third-order valence-corrected chi connectivity index (χ3v) is 7.06. The maximum absolute atomic E-state index is 12.8.